The summed E-state index contributed by atoms with van der Waals surface area (Å²) in [4.78, 5) is 12.0. The Kier molecular flexibility index (Phi) is 5.78. The molecule has 0 saturated heterocycles. The van der Waals surface area contributed by atoms with Crippen molar-refractivity contribution in [2.75, 3.05) is 0 Å². The Morgan fingerprint density at radius 3 is 2.59 bits per heavy atom. The summed E-state index contributed by atoms with van der Waals surface area (Å²) in [6.07, 6.45) is 3.17. The van der Waals surface area contributed by atoms with Crippen molar-refractivity contribution in [1.29, 1.82) is 0 Å². The van der Waals surface area contributed by atoms with E-state index in [9.17, 15) is 9.90 Å². The number of amides is 1. The summed E-state index contributed by atoms with van der Waals surface area (Å²) in [5.74, 6) is -0.115. The number of aliphatic hydroxyl groups excluding tert-OH is 1. The van der Waals surface area contributed by atoms with Gasteiger partial charge in [-0.15, -0.1) is 0 Å². The lowest BCUT2D eigenvalue weighted by molar-refractivity contribution is -0.123. The number of carbonyl (C=O) groups is 1. The maximum atomic E-state index is 12.0. The number of rotatable bonds is 7. The van der Waals surface area contributed by atoms with Gasteiger partial charge in [0.2, 0.25) is 5.91 Å². The molecule has 0 saturated carbocycles. The largest absolute Gasteiger partial charge is 0.388 e. The number of hydrogen-bond acceptors (Lipinski definition) is 2. The Morgan fingerprint density at radius 1 is 1.23 bits per heavy atom. The lowest BCUT2D eigenvalue weighted by Gasteiger charge is -2.16. The molecule has 2 aromatic rings. The first-order valence-corrected chi connectivity index (χ1v) is 7.69. The Bertz CT molecular complexity index is 592. The van der Waals surface area contributed by atoms with Crippen LogP contribution in [0.15, 0.2) is 48.7 Å². The molecule has 0 spiro atoms. The van der Waals surface area contributed by atoms with Gasteiger partial charge < -0.3 is 15.0 Å². The summed E-state index contributed by atoms with van der Waals surface area (Å²) in [6, 6.07) is 13.5. The van der Waals surface area contributed by atoms with Crippen molar-refractivity contribution < 1.29 is 9.90 Å². The highest BCUT2D eigenvalue weighted by molar-refractivity contribution is 5.76. The molecule has 118 valence electrons. The van der Waals surface area contributed by atoms with Crippen LogP contribution in [-0.4, -0.2) is 21.6 Å². The molecule has 0 bridgehead atoms. The fourth-order valence-electron chi connectivity index (χ4n) is 2.50. The van der Waals surface area contributed by atoms with Gasteiger partial charge in [0, 0.05) is 25.0 Å². The summed E-state index contributed by atoms with van der Waals surface area (Å²) in [5, 5.41) is 13.0. The van der Waals surface area contributed by atoms with Crippen LogP contribution < -0.4 is 5.32 Å². The first kappa shape index (κ1) is 16.3. The van der Waals surface area contributed by atoms with Crippen molar-refractivity contribution in [3.8, 4) is 0 Å². The van der Waals surface area contributed by atoms with E-state index in [4.69, 9.17) is 0 Å². The Labute approximate surface area is 131 Å². The van der Waals surface area contributed by atoms with Crippen LogP contribution in [0.1, 0.15) is 37.1 Å². The monoisotopic (exact) mass is 300 g/mol. The number of benzene rings is 1. The molecule has 4 nitrogen and oxygen atoms in total. The van der Waals surface area contributed by atoms with Gasteiger partial charge in [0.05, 0.1) is 12.5 Å². The van der Waals surface area contributed by atoms with Crippen molar-refractivity contribution in [3.05, 3.63) is 59.9 Å². The van der Waals surface area contributed by atoms with Gasteiger partial charge in [-0.3, -0.25) is 4.79 Å². The molecule has 0 aliphatic heterocycles. The van der Waals surface area contributed by atoms with Crippen LogP contribution >= 0.6 is 0 Å². The van der Waals surface area contributed by atoms with Crippen LogP contribution in [0.25, 0.3) is 0 Å². The summed E-state index contributed by atoms with van der Waals surface area (Å²) in [7, 11) is 2.02. The molecule has 22 heavy (non-hydrogen) atoms. The zero-order valence-corrected chi connectivity index (χ0v) is 13.2. The predicted molar refractivity (Wildman–Crippen MR) is 87.4 cm³/mol. The minimum atomic E-state index is -0.749. The molecule has 0 fully saturated rings. The highest BCUT2D eigenvalue weighted by Crippen LogP contribution is 2.15. The SMILES string of the molecule is CC(CCc1cccn1C)NC(=O)CC(O)c1ccccc1. The minimum Gasteiger partial charge on any atom is -0.388 e. The van der Waals surface area contributed by atoms with Gasteiger partial charge in [-0.05, 0) is 37.5 Å². The van der Waals surface area contributed by atoms with E-state index in [-0.39, 0.29) is 18.4 Å². The van der Waals surface area contributed by atoms with Crippen molar-refractivity contribution in [1.82, 2.24) is 9.88 Å². The van der Waals surface area contributed by atoms with Gasteiger partial charge in [-0.25, -0.2) is 0 Å². The van der Waals surface area contributed by atoms with Crippen molar-refractivity contribution in [2.45, 2.75) is 38.3 Å². The second-order valence-electron chi connectivity index (χ2n) is 5.75. The molecule has 0 radical (unpaired) electrons. The number of aromatic nitrogens is 1. The average molecular weight is 300 g/mol. The molecule has 2 unspecified atom stereocenters. The van der Waals surface area contributed by atoms with Crippen molar-refractivity contribution in [3.63, 3.8) is 0 Å². The third-order valence-corrected chi connectivity index (χ3v) is 3.86. The van der Waals surface area contributed by atoms with E-state index in [1.54, 1.807) is 0 Å². The number of hydrogen-bond donors (Lipinski definition) is 2. The number of aryl methyl sites for hydroxylation is 2. The summed E-state index contributed by atoms with van der Waals surface area (Å²) < 4.78 is 2.09. The molecule has 1 aromatic heterocycles. The van der Waals surface area contributed by atoms with Crippen LogP contribution in [0, 0.1) is 0 Å². The lowest BCUT2D eigenvalue weighted by Crippen LogP contribution is -2.33. The fourth-order valence-corrected chi connectivity index (χ4v) is 2.50. The van der Waals surface area contributed by atoms with E-state index in [0.717, 1.165) is 18.4 Å². The smallest absolute Gasteiger partial charge is 0.223 e. The fraction of sp³-hybridized carbons (Fsp3) is 0.389. The summed E-state index contributed by atoms with van der Waals surface area (Å²) >= 11 is 0. The van der Waals surface area contributed by atoms with Crippen LogP contribution in [0.3, 0.4) is 0 Å². The minimum absolute atomic E-state index is 0.0883. The first-order valence-electron chi connectivity index (χ1n) is 7.69. The molecule has 2 rings (SSSR count). The third-order valence-electron chi connectivity index (χ3n) is 3.86. The van der Waals surface area contributed by atoms with E-state index in [1.807, 2.05) is 56.6 Å². The van der Waals surface area contributed by atoms with Gasteiger partial charge >= 0.3 is 0 Å². The molecule has 1 aromatic carbocycles. The number of nitrogens with zero attached hydrogens (tertiary/aromatic N) is 1. The summed E-state index contributed by atoms with van der Waals surface area (Å²) in [5.41, 5.74) is 2.03. The van der Waals surface area contributed by atoms with E-state index < -0.39 is 6.10 Å². The molecule has 0 aliphatic carbocycles. The van der Waals surface area contributed by atoms with Gasteiger partial charge in [0.15, 0.2) is 0 Å². The maximum Gasteiger partial charge on any atom is 0.223 e. The first-order chi connectivity index (χ1) is 10.6. The van der Waals surface area contributed by atoms with E-state index in [2.05, 4.69) is 16.0 Å². The highest BCUT2D eigenvalue weighted by atomic mass is 16.3. The van der Waals surface area contributed by atoms with E-state index in [0.29, 0.717) is 0 Å². The van der Waals surface area contributed by atoms with Gasteiger partial charge in [0.25, 0.3) is 0 Å². The van der Waals surface area contributed by atoms with Crippen LogP contribution in [0.4, 0.5) is 0 Å². The Balaban J connectivity index is 1.75. The predicted octanol–water partition coefficient (Wildman–Crippen LogP) is 2.59. The van der Waals surface area contributed by atoms with Gasteiger partial charge in [-0.1, -0.05) is 30.3 Å². The molecular formula is C18H24N2O2. The van der Waals surface area contributed by atoms with Gasteiger partial charge in [0.1, 0.15) is 0 Å². The molecule has 2 N–H and O–H groups in total. The quantitative estimate of drug-likeness (QED) is 0.826. The maximum absolute atomic E-state index is 12.0. The molecule has 0 aliphatic rings. The molecule has 4 heteroatoms. The second kappa shape index (κ2) is 7.80. The van der Waals surface area contributed by atoms with Crippen LogP contribution in [0.5, 0.6) is 0 Å². The van der Waals surface area contributed by atoms with Crippen molar-refractivity contribution in [2.24, 2.45) is 7.05 Å². The van der Waals surface area contributed by atoms with Crippen LogP contribution in [0.2, 0.25) is 0 Å². The molecule has 2 atom stereocenters. The number of carbonyl (C=O) groups excluding carboxylic acids is 1. The molecule has 1 amide bonds. The Morgan fingerprint density at radius 2 is 1.95 bits per heavy atom. The van der Waals surface area contributed by atoms with Crippen LogP contribution in [-0.2, 0) is 18.3 Å². The van der Waals surface area contributed by atoms with Crippen molar-refractivity contribution >= 4 is 5.91 Å². The average Bonchev–Trinajstić information content (AvgIpc) is 2.91. The topological polar surface area (TPSA) is 54.3 Å². The Hall–Kier alpha value is -2.07. The second-order valence-corrected chi connectivity index (χ2v) is 5.75. The van der Waals surface area contributed by atoms with E-state index in [1.165, 1.54) is 5.69 Å². The lowest BCUT2D eigenvalue weighted by atomic mass is 10.1. The third kappa shape index (κ3) is 4.74. The number of nitrogens with one attached hydrogen (secondary N) is 1. The van der Waals surface area contributed by atoms with E-state index >= 15 is 0 Å². The van der Waals surface area contributed by atoms with Gasteiger partial charge in [-0.2, -0.15) is 0 Å². The zero-order valence-electron chi connectivity index (χ0n) is 13.2. The normalized spacial score (nSPS) is 13.6. The summed E-state index contributed by atoms with van der Waals surface area (Å²) in [6.45, 7) is 2.00. The zero-order chi connectivity index (χ0) is 15.9. The molecular weight excluding hydrogens is 276 g/mol. The highest BCUT2D eigenvalue weighted by Gasteiger charge is 2.14. The molecule has 1 heterocycles. The standard InChI is InChI=1S/C18H24N2O2/c1-14(10-11-16-9-6-12-20(16)2)19-18(22)13-17(21)15-7-4-3-5-8-15/h3-9,12,14,17,21H,10-11,13H2,1-2H3,(H,19,22). The number of aliphatic hydroxyl groups is 1.